The lowest BCUT2D eigenvalue weighted by molar-refractivity contribution is -0.0746. The molecule has 5 nitrogen and oxygen atoms in total. The van der Waals surface area contributed by atoms with Crippen LogP contribution in [0.15, 0.2) is 18.2 Å². The Balaban J connectivity index is 1.78. The first kappa shape index (κ1) is 25.9. The maximum absolute atomic E-state index is 15.1. The molecule has 2 heterocycles. The fourth-order valence-corrected chi connectivity index (χ4v) is 5.63. The summed E-state index contributed by atoms with van der Waals surface area (Å²) in [7, 11) is 1.67. The molecule has 0 radical (unpaired) electrons. The highest BCUT2D eigenvalue weighted by atomic mass is 35.5. The predicted octanol–water partition coefficient (Wildman–Crippen LogP) is 4.48. The summed E-state index contributed by atoms with van der Waals surface area (Å²) in [5.41, 5.74) is 5.23. The summed E-state index contributed by atoms with van der Waals surface area (Å²) in [5.74, 6) is -0.598. The van der Waals surface area contributed by atoms with Crippen molar-refractivity contribution < 1.29 is 19.0 Å². The first-order valence-electron chi connectivity index (χ1n) is 12.2. The van der Waals surface area contributed by atoms with Crippen molar-refractivity contribution in [1.82, 2.24) is 4.90 Å². The van der Waals surface area contributed by atoms with E-state index >= 15 is 4.39 Å². The minimum Gasteiger partial charge on any atom is -0.385 e. The Labute approximate surface area is 197 Å². The summed E-state index contributed by atoms with van der Waals surface area (Å²) in [6, 6.07) is 5.16. The summed E-state index contributed by atoms with van der Waals surface area (Å²) in [6.45, 7) is 3.66. The molecule has 0 aliphatic carbocycles. The number of benzene rings is 1. The molecule has 0 saturated carbocycles. The first-order chi connectivity index (χ1) is 15.5. The number of hydrogen-bond acceptors (Lipinski definition) is 5. The van der Waals surface area contributed by atoms with Gasteiger partial charge in [0.15, 0.2) is 0 Å². The molecule has 0 aromatic heterocycles. The quantitative estimate of drug-likeness (QED) is 0.466. The molecule has 4 atom stereocenters. The van der Waals surface area contributed by atoms with Crippen LogP contribution >= 0.6 is 11.6 Å². The second-order valence-electron chi connectivity index (χ2n) is 9.42. The SMILES string of the molecule is COCCCC[C@@](O)(c1cccc(Cl)c1F)[C@@H]1CCCN([C@H](CN)CC2CCCCO2)C1. The normalized spacial score (nSPS) is 25.4. The zero-order chi connectivity index (χ0) is 23.0. The van der Waals surface area contributed by atoms with Gasteiger partial charge in [0.25, 0.3) is 0 Å². The number of nitrogens with two attached hydrogens (primary N) is 1. The van der Waals surface area contributed by atoms with Gasteiger partial charge in [0.1, 0.15) is 5.82 Å². The van der Waals surface area contributed by atoms with Gasteiger partial charge in [-0.3, -0.25) is 4.90 Å². The van der Waals surface area contributed by atoms with Crippen LogP contribution in [0.25, 0.3) is 0 Å². The number of aliphatic hydroxyl groups is 1. The van der Waals surface area contributed by atoms with Crippen LogP contribution in [0.3, 0.4) is 0 Å². The molecular weight excluding hydrogens is 431 g/mol. The second-order valence-corrected chi connectivity index (χ2v) is 9.83. The number of rotatable bonds is 11. The molecule has 7 heteroatoms. The van der Waals surface area contributed by atoms with Gasteiger partial charge >= 0.3 is 0 Å². The first-order valence-corrected chi connectivity index (χ1v) is 12.6. The van der Waals surface area contributed by atoms with E-state index in [9.17, 15) is 5.11 Å². The highest BCUT2D eigenvalue weighted by Gasteiger charge is 2.43. The average molecular weight is 471 g/mol. The number of piperidine rings is 1. The van der Waals surface area contributed by atoms with Gasteiger partial charge in [0.05, 0.1) is 16.7 Å². The van der Waals surface area contributed by atoms with E-state index in [1.54, 1.807) is 19.2 Å². The van der Waals surface area contributed by atoms with Crippen LogP contribution in [0.2, 0.25) is 5.02 Å². The topological polar surface area (TPSA) is 68.0 Å². The van der Waals surface area contributed by atoms with E-state index in [-0.39, 0.29) is 23.1 Å². The molecule has 3 rings (SSSR count). The fourth-order valence-electron chi connectivity index (χ4n) is 5.46. The van der Waals surface area contributed by atoms with Crippen molar-refractivity contribution in [1.29, 1.82) is 0 Å². The predicted molar refractivity (Wildman–Crippen MR) is 126 cm³/mol. The Morgan fingerprint density at radius 1 is 1.31 bits per heavy atom. The van der Waals surface area contributed by atoms with Gasteiger partial charge in [-0.1, -0.05) is 23.7 Å². The Bertz CT molecular complexity index is 704. The van der Waals surface area contributed by atoms with Crippen LogP contribution in [0.4, 0.5) is 4.39 Å². The van der Waals surface area contributed by atoms with E-state index in [2.05, 4.69) is 4.90 Å². The van der Waals surface area contributed by atoms with Gasteiger partial charge in [0, 0.05) is 50.9 Å². The lowest BCUT2D eigenvalue weighted by Crippen LogP contribution is -2.52. The van der Waals surface area contributed by atoms with Crippen molar-refractivity contribution in [3.05, 3.63) is 34.6 Å². The Morgan fingerprint density at radius 2 is 2.16 bits per heavy atom. The van der Waals surface area contributed by atoms with Gasteiger partial charge in [0.2, 0.25) is 0 Å². The van der Waals surface area contributed by atoms with Crippen molar-refractivity contribution in [2.45, 2.75) is 75.5 Å². The maximum atomic E-state index is 15.1. The van der Waals surface area contributed by atoms with Gasteiger partial charge < -0.3 is 20.3 Å². The van der Waals surface area contributed by atoms with E-state index in [0.29, 0.717) is 31.7 Å². The van der Waals surface area contributed by atoms with Crippen LogP contribution in [0.1, 0.15) is 63.4 Å². The Morgan fingerprint density at radius 3 is 2.88 bits per heavy atom. The number of hydrogen-bond donors (Lipinski definition) is 2. The van der Waals surface area contributed by atoms with E-state index in [1.807, 2.05) is 0 Å². The van der Waals surface area contributed by atoms with E-state index in [4.69, 9.17) is 26.8 Å². The Kier molecular flexibility index (Phi) is 10.2. The van der Waals surface area contributed by atoms with Crippen LogP contribution < -0.4 is 5.73 Å². The largest absolute Gasteiger partial charge is 0.385 e. The fraction of sp³-hybridized carbons (Fsp3) is 0.760. The van der Waals surface area contributed by atoms with Gasteiger partial charge in [-0.2, -0.15) is 0 Å². The summed E-state index contributed by atoms with van der Waals surface area (Å²) in [6.07, 6.45) is 8.46. The monoisotopic (exact) mass is 470 g/mol. The summed E-state index contributed by atoms with van der Waals surface area (Å²) < 4.78 is 26.2. The number of likely N-dealkylation sites (tertiary alicyclic amines) is 1. The third-order valence-electron chi connectivity index (χ3n) is 7.30. The van der Waals surface area contributed by atoms with Crippen LogP contribution in [0, 0.1) is 11.7 Å². The van der Waals surface area contributed by atoms with E-state index in [1.165, 1.54) is 12.5 Å². The van der Waals surface area contributed by atoms with Crippen molar-refractivity contribution in [2.24, 2.45) is 11.7 Å². The maximum Gasteiger partial charge on any atom is 0.147 e. The van der Waals surface area contributed by atoms with Crippen molar-refractivity contribution >= 4 is 11.6 Å². The minimum absolute atomic E-state index is 0.0553. The number of methoxy groups -OCH3 is 1. The number of nitrogens with zero attached hydrogens (tertiary/aromatic N) is 1. The van der Waals surface area contributed by atoms with E-state index in [0.717, 1.165) is 58.1 Å². The smallest absolute Gasteiger partial charge is 0.147 e. The average Bonchev–Trinajstić information content (AvgIpc) is 2.82. The van der Waals surface area contributed by atoms with Crippen molar-refractivity contribution in [3.63, 3.8) is 0 Å². The molecule has 2 saturated heterocycles. The van der Waals surface area contributed by atoms with Crippen LogP contribution in [-0.4, -0.2) is 62.1 Å². The molecular formula is C25H40ClFN2O3. The molecule has 3 N–H and O–H groups in total. The van der Waals surface area contributed by atoms with Gasteiger partial charge in [-0.05, 0) is 70.4 Å². The zero-order valence-electron chi connectivity index (χ0n) is 19.4. The summed E-state index contributed by atoms with van der Waals surface area (Å²) >= 11 is 6.11. The minimum atomic E-state index is -1.28. The molecule has 182 valence electrons. The molecule has 0 bridgehead atoms. The summed E-state index contributed by atoms with van der Waals surface area (Å²) in [4.78, 5) is 2.40. The highest BCUT2D eigenvalue weighted by molar-refractivity contribution is 6.30. The number of unbranched alkanes of at least 4 members (excludes halogenated alkanes) is 1. The molecule has 32 heavy (non-hydrogen) atoms. The number of ether oxygens (including phenoxy) is 2. The van der Waals surface area contributed by atoms with Gasteiger partial charge in [-0.15, -0.1) is 0 Å². The van der Waals surface area contributed by atoms with Crippen LogP contribution in [-0.2, 0) is 15.1 Å². The third kappa shape index (κ3) is 6.43. The third-order valence-corrected chi connectivity index (χ3v) is 7.59. The lowest BCUT2D eigenvalue weighted by atomic mass is 9.73. The molecule has 2 aliphatic heterocycles. The molecule has 2 fully saturated rings. The van der Waals surface area contributed by atoms with Crippen molar-refractivity contribution in [2.75, 3.05) is 40.0 Å². The zero-order valence-corrected chi connectivity index (χ0v) is 20.2. The van der Waals surface area contributed by atoms with Crippen molar-refractivity contribution in [3.8, 4) is 0 Å². The lowest BCUT2D eigenvalue weighted by Gasteiger charge is -2.45. The second kappa shape index (κ2) is 12.6. The molecule has 1 unspecified atom stereocenters. The van der Waals surface area contributed by atoms with Crippen LogP contribution in [0.5, 0.6) is 0 Å². The Hall–Kier alpha value is -0.760. The summed E-state index contributed by atoms with van der Waals surface area (Å²) in [5, 5.41) is 12.0. The highest BCUT2D eigenvalue weighted by Crippen LogP contribution is 2.42. The molecule has 0 amide bonds. The number of halogens is 2. The molecule has 1 aromatic rings. The standard InChI is InChI=1S/C25H40ClFN2O3/c1-31-14-5-3-12-25(30,22-10-6-11-23(26)24(22)27)19-8-7-13-29(18-19)20(17-28)16-21-9-2-4-15-32-21/h6,10-11,19-21,30H,2-5,7-9,12-18,28H2,1H3/t19-,20+,21?,25+/m1/s1. The van der Waals surface area contributed by atoms with E-state index < -0.39 is 11.4 Å². The molecule has 2 aliphatic rings. The van der Waals surface area contributed by atoms with Gasteiger partial charge in [-0.25, -0.2) is 4.39 Å². The molecule has 0 spiro atoms. The molecule has 1 aromatic carbocycles.